The highest BCUT2D eigenvalue weighted by Gasteiger charge is 2.23. The molecule has 2 atom stereocenters. The summed E-state index contributed by atoms with van der Waals surface area (Å²) >= 11 is 0. The van der Waals surface area contributed by atoms with Crippen molar-refractivity contribution in [3.8, 4) is 6.07 Å². The van der Waals surface area contributed by atoms with Gasteiger partial charge in [-0.15, -0.1) is 0 Å². The second-order valence-electron chi connectivity index (χ2n) is 5.70. The quantitative estimate of drug-likeness (QED) is 0.866. The number of nitrogens with zero attached hydrogens (tertiary/aromatic N) is 1. The molecular weight excluding hydrogens is 280 g/mol. The lowest BCUT2D eigenvalue weighted by molar-refractivity contribution is -0.125. The van der Waals surface area contributed by atoms with Crippen LogP contribution >= 0.6 is 0 Å². The fourth-order valence-electron chi connectivity index (χ4n) is 2.71. The van der Waals surface area contributed by atoms with Crippen LogP contribution in [0.3, 0.4) is 0 Å². The predicted octanol–water partition coefficient (Wildman–Crippen LogP) is 2.41. The van der Waals surface area contributed by atoms with Gasteiger partial charge in [0.1, 0.15) is 0 Å². The lowest BCUT2D eigenvalue weighted by Crippen LogP contribution is -2.42. The Labute approximate surface area is 130 Å². The third kappa shape index (κ3) is 4.32. The molecule has 2 rings (SSSR count). The van der Waals surface area contributed by atoms with Crippen molar-refractivity contribution in [3.63, 3.8) is 0 Å². The maximum absolute atomic E-state index is 11.9. The van der Waals surface area contributed by atoms with Crippen LogP contribution in [0.2, 0.25) is 0 Å². The van der Waals surface area contributed by atoms with Crippen LogP contribution in [-0.2, 0) is 9.53 Å². The Morgan fingerprint density at radius 3 is 2.86 bits per heavy atom. The molecule has 5 nitrogen and oxygen atoms in total. The summed E-state index contributed by atoms with van der Waals surface area (Å²) in [5.74, 6) is -0.409. The first kappa shape index (κ1) is 16.0. The first-order chi connectivity index (χ1) is 10.6. The Bertz CT molecular complexity index is 592. The number of rotatable bonds is 4. The molecule has 0 saturated heterocycles. The zero-order valence-electron chi connectivity index (χ0n) is 12.7. The Kier molecular flexibility index (Phi) is 5.54. The van der Waals surface area contributed by atoms with Crippen LogP contribution in [0.15, 0.2) is 24.3 Å². The van der Waals surface area contributed by atoms with Crippen molar-refractivity contribution in [1.29, 1.82) is 5.26 Å². The van der Waals surface area contributed by atoms with E-state index < -0.39 is 5.97 Å². The van der Waals surface area contributed by atoms with E-state index in [0.717, 1.165) is 19.3 Å². The third-order valence-electron chi connectivity index (χ3n) is 4.02. The maximum atomic E-state index is 11.9. The summed E-state index contributed by atoms with van der Waals surface area (Å²) in [5.41, 5.74) is 0.660. The third-order valence-corrected chi connectivity index (χ3v) is 4.02. The molecule has 1 N–H and O–H groups in total. The lowest BCUT2D eigenvalue weighted by atomic mass is 9.86. The van der Waals surface area contributed by atoms with Gasteiger partial charge in [0.05, 0.1) is 17.2 Å². The van der Waals surface area contributed by atoms with Crippen LogP contribution in [0.5, 0.6) is 0 Å². The van der Waals surface area contributed by atoms with Gasteiger partial charge < -0.3 is 10.1 Å². The summed E-state index contributed by atoms with van der Waals surface area (Å²) in [6.45, 7) is 1.84. The monoisotopic (exact) mass is 300 g/mol. The van der Waals surface area contributed by atoms with Gasteiger partial charge >= 0.3 is 5.97 Å². The molecule has 116 valence electrons. The van der Waals surface area contributed by atoms with Crippen LogP contribution in [0.1, 0.15) is 48.5 Å². The number of hydrogen-bond acceptors (Lipinski definition) is 4. The molecule has 1 saturated carbocycles. The standard InChI is InChI=1S/C17H20N2O3/c1-12-5-2-3-8-15(12)19-16(20)11-22-17(21)14-7-4-6-13(9-14)10-18/h4,6-7,9,12,15H,2-3,5,8,11H2,1H3,(H,19,20)/t12-,15+/m1/s1. The first-order valence-electron chi connectivity index (χ1n) is 7.57. The Balaban J connectivity index is 1.82. The summed E-state index contributed by atoms with van der Waals surface area (Å²) < 4.78 is 5.01. The molecular formula is C17H20N2O3. The van der Waals surface area contributed by atoms with Crippen LogP contribution in [-0.4, -0.2) is 24.5 Å². The van der Waals surface area contributed by atoms with Gasteiger partial charge in [0, 0.05) is 6.04 Å². The Morgan fingerprint density at radius 2 is 2.14 bits per heavy atom. The van der Waals surface area contributed by atoms with Gasteiger partial charge in [-0.3, -0.25) is 4.79 Å². The zero-order valence-corrected chi connectivity index (χ0v) is 12.7. The SMILES string of the molecule is C[C@@H]1CCCC[C@@H]1NC(=O)COC(=O)c1cccc(C#N)c1. The summed E-state index contributed by atoms with van der Waals surface area (Å²) in [5, 5.41) is 11.7. The largest absolute Gasteiger partial charge is 0.452 e. The number of carbonyl (C=O) groups is 2. The van der Waals surface area contributed by atoms with E-state index >= 15 is 0 Å². The van der Waals surface area contributed by atoms with Gasteiger partial charge in [0.15, 0.2) is 6.61 Å². The van der Waals surface area contributed by atoms with E-state index in [9.17, 15) is 9.59 Å². The van der Waals surface area contributed by atoms with Crippen LogP contribution in [0.4, 0.5) is 0 Å². The van der Waals surface area contributed by atoms with Crippen molar-refractivity contribution in [1.82, 2.24) is 5.32 Å². The minimum absolute atomic E-state index is 0.168. The number of benzene rings is 1. The molecule has 22 heavy (non-hydrogen) atoms. The number of nitrogens with one attached hydrogen (secondary N) is 1. The van der Waals surface area contributed by atoms with Gasteiger partial charge in [0.2, 0.25) is 0 Å². The number of hydrogen-bond donors (Lipinski definition) is 1. The van der Waals surface area contributed by atoms with Gasteiger partial charge in [-0.1, -0.05) is 25.8 Å². The summed E-state index contributed by atoms with van der Waals surface area (Å²) in [6.07, 6.45) is 4.42. The zero-order chi connectivity index (χ0) is 15.9. The lowest BCUT2D eigenvalue weighted by Gasteiger charge is -2.29. The molecule has 1 aliphatic carbocycles. The highest BCUT2D eigenvalue weighted by atomic mass is 16.5. The Morgan fingerprint density at radius 1 is 1.36 bits per heavy atom. The molecule has 1 amide bonds. The highest BCUT2D eigenvalue weighted by Crippen LogP contribution is 2.23. The smallest absolute Gasteiger partial charge is 0.338 e. The number of nitriles is 1. The predicted molar refractivity (Wildman–Crippen MR) is 81.0 cm³/mol. The number of ether oxygens (including phenoxy) is 1. The molecule has 0 heterocycles. The molecule has 0 radical (unpaired) electrons. The van der Waals surface area contributed by atoms with Crippen molar-refractivity contribution in [3.05, 3.63) is 35.4 Å². The fraction of sp³-hybridized carbons (Fsp3) is 0.471. The van der Waals surface area contributed by atoms with E-state index in [1.54, 1.807) is 18.2 Å². The maximum Gasteiger partial charge on any atom is 0.338 e. The molecule has 0 unspecified atom stereocenters. The molecule has 1 fully saturated rings. The van der Waals surface area contributed by atoms with Gasteiger partial charge in [-0.05, 0) is 37.0 Å². The molecule has 1 aliphatic rings. The Hall–Kier alpha value is -2.35. The van der Waals surface area contributed by atoms with Crippen molar-refractivity contribution < 1.29 is 14.3 Å². The van der Waals surface area contributed by atoms with Crippen LogP contribution in [0.25, 0.3) is 0 Å². The van der Waals surface area contributed by atoms with E-state index in [2.05, 4.69) is 12.2 Å². The summed E-state index contributed by atoms with van der Waals surface area (Å²) in [6, 6.07) is 8.35. The average Bonchev–Trinajstić information content (AvgIpc) is 2.55. The highest BCUT2D eigenvalue weighted by molar-refractivity contribution is 5.91. The van der Waals surface area contributed by atoms with Gasteiger partial charge in [-0.25, -0.2) is 4.79 Å². The first-order valence-corrected chi connectivity index (χ1v) is 7.57. The van der Waals surface area contributed by atoms with E-state index in [4.69, 9.17) is 10.00 Å². The molecule has 1 aromatic carbocycles. The fourth-order valence-corrected chi connectivity index (χ4v) is 2.71. The molecule has 1 aromatic rings. The van der Waals surface area contributed by atoms with E-state index in [-0.39, 0.29) is 24.1 Å². The number of amides is 1. The minimum Gasteiger partial charge on any atom is -0.452 e. The molecule has 5 heteroatoms. The van der Waals surface area contributed by atoms with E-state index in [1.807, 2.05) is 6.07 Å². The molecule has 0 spiro atoms. The van der Waals surface area contributed by atoms with Crippen molar-refractivity contribution in [2.24, 2.45) is 5.92 Å². The second-order valence-corrected chi connectivity index (χ2v) is 5.70. The normalized spacial score (nSPS) is 20.7. The summed E-state index contributed by atoms with van der Waals surface area (Å²) in [7, 11) is 0. The van der Waals surface area contributed by atoms with Gasteiger partial charge in [0.25, 0.3) is 5.91 Å². The number of carbonyl (C=O) groups excluding carboxylic acids is 2. The van der Waals surface area contributed by atoms with Gasteiger partial charge in [-0.2, -0.15) is 5.26 Å². The topological polar surface area (TPSA) is 79.2 Å². The van der Waals surface area contributed by atoms with Crippen LogP contribution < -0.4 is 5.32 Å². The number of esters is 1. The minimum atomic E-state index is -0.594. The average molecular weight is 300 g/mol. The summed E-state index contributed by atoms with van der Waals surface area (Å²) in [4.78, 5) is 23.7. The van der Waals surface area contributed by atoms with E-state index in [1.165, 1.54) is 12.5 Å². The molecule has 0 aromatic heterocycles. The van der Waals surface area contributed by atoms with Crippen molar-refractivity contribution >= 4 is 11.9 Å². The van der Waals surface area contributed by atoms with Crippen molar-refractivity contribution in [2.45, 2.75) is 38.6 Å². The molecule has 0 bridgehead atoms. The molecule has 0 aliphatic heterocycles. The van der Waals surface area contributed by atoms with E-state index in [0.29, 0.717) is 11.5 Å². The second kappa shape index (κ2) is 7.60. The van der Waals surface area contributed by atoms with Crippen LogP contribution in [0, 0.1) is 17.2 Å². The van der Waals surface area contributed by atoms with Crippen molar-refractivity contribution in [2.75, 3.05) is 6.61 Å².